The number of para-hydroxylation sites is 2. The first-order valence-corrected chi connectivity index (χ1v) is 14.4. The number of aliphatic hydroxyl groups is 1. The van der Waals surface area contributed by atoms with E-state index in [0.29, 0.717) is 38.9 Å². The quantitative estimate of drug-likeness (QED) is 0.169. The molecule has 2 unspecified atom stereocenters. The van der Waals surface area contributed by atoms with Crippen molar-refractivity contribution in [2.24, 2.45) is 0 Å². The average Bonchev–Trinajstić information content (AvgIpc) is 3.23. The molecule has 0 radical (unpaired) electrons. The minimum absolute atomic E-state index is 0.0342. The number of alkyl halides is 3. The van der Waals surface area contributed by atoms with E-state index in [-0.39, 0.29) is 31.4 Å². The van der Waals surface area contributed by atoms with Crippen molar-refractivity contribution < 1.29 is 41.3 Å². The van der Waals surface area contributed by atoms with E-state index in [9.17, 15) is 36.6 Å². The zero-order valence-corrected chi connectivity index (χ0v) is 23.3. The maximum atomic E-state index is 12.6. The summed E-state index contributed by atoms with van der Waals surface area (Å²) in [6, 6.07) is 20.7. The molecule has 0 aliphatic heterocycles. The Morgan fingerprint density at radius 1 is 1.00 bits per heavy atom. The number of nitrogens with one attached hydrogen (secondary N) is 2. The highest BCUT2D eigenvalue weighted by molar-refractivity contribution is 7.89. The number of rotatable bonds is 13. The van der Waals surface area contributed by atoms with Crippen LogP contribution in [0.2, 0.25) is 0 Å². The summed E-state index contributed by atoms with van der Waals surface area (Å²) in [5.74, 6) is -0.531. The number of benzene rings is 3. The maximum absolute atomic E-state index is 12.6. The van der Waals surface area contributed by atoms with Gasteiger partial charge in [0.1, 0.15) is 24.2 Å². The van der Waals surface area contributed by atoms with Crippen LogP contribution < -0.4 is 14.8 Å². The standard InChI is InChI=1S/C29H30F3N3O6S/c1-19(33-16-21(36)18-41-22-7-3-2-4-8-22)15-25-24-9-5-6-10-26(24)35(27(25)28(37)38)17-20-11-13-23(14-12-20)42(39,40)34-29(30,31)32/h2-14,19,21,33-34,36H,15-18H2,1H3,(H,37,38). The van der Waals surface area contributed by atoms with E-state index in [4.69, 9.17) is 4.74 Å². The zero-order valence-electron chi connectivity index (χ0n) is 22.5. The lowest BCUT2D eigenvalue weighted by molar-refractivity contribution is -0.138. The number of carboxylic acid groups (broad SMARTS) is 1. The second kappa shape index (κ2) is 12.9. The highest BCUT2D eigenvalue weighted by Crippen LogP contribution is 2.29. The smallest absolute Gasteiger partial charge is 0.470 e. The molecule has 4 aromatic rings. The molecule has 2 atom stereocenters. The van der Waals surface area contributed by atoms with Crippen LogP contribution in [0.25, 0.3) is 10.9 Å². The van der Waals surface area contributed by atoms with Crippen LogP contribution in [0.15, 0.2) is 83.8 Å². The van der Waals surface area contributed by atoms with Gasteiger partial charge in [0.15, 0.2) is 0 Å². The van der Waals surface area contributed by atoms with Crippen molar-refractivity contribution in [3.8, 4) is 5.75 Å². The van der Waals surface area contributed by atoms with Gasteiger partial charge in [-0.25, -0.2) is 13.2 Å². The summed E-state index contributed by atoms with van der Waals surface area (Å²) in [5, 5.41) is 24.5. The van der Waals surface area contributed by atoms with E-state index in [0.717, 1.165) is 12.1 Å². The number of aliphatic hydroxyl groups excluding tert-OH is 1. The first kappa shape index (κ1) is 31.0. The van der Waals surface area contributed by atoms with Crippen LogP contribution in [0.4, 0.5) is 13.2 Å². The SMILES string of the molecule is CC(Cc1c(C(=O)O)n(Cc2ccc(S(=O)(=O)NC(F)(F)F)cc2)c2ccccc12)NCC(O)COc1ccccc1. The van der Waals surface area contributed by atoms with Crippen molar-refractivity contribution in [1.29, 1.82) is 0 Å². The number of hydrogen-bond acceptors (Lipinski definition) is 6. The molecule has 13 heteroatoms. The number of nitrogens with zero attached hydrogens (tertiary/aromatic N) is 1. The second-order valence-corrected chi connectivity index (χ2v) is 11.5. The van der Waals surface area contributed by atoms with E-state index in [2.05, 4.69) is 5.32 Å². The molecule has 224 valence electrons. The number of ether oxygens (including phenoxy) is 1. The van der Waals surface area contributed by atoms with Crippen LogP contribution in [0.3, 0.4) is 0 Å². The van der Waals surface area contributed by atoms with Gasteiger partial charge in [-0.3, -0.25) is 0 Å². The summed E-state index contributed by atoms with van der Waals surface area (Å²) >= 11 is 0. The van der Waals surface area contributed by atoms with Gasteiger partial charge < -0.3 is 24.8 Å². The van der Waals surface area contributed by atoms with Crippen LogP contribution in [0.1, 0.15) is 28.5 Å². The largest absolute Gasteiger partial charge is 0.491 e. The van der Waals surface area contributed by atoms with Crippen LogP contribution >= 0.6 is 0 Å². The summed E-state index contributed by atoms with van der Waals surface area (Å²) in [7, 11) is -4.81. The third kappa shape index (κ3) is 7.88. The Kier molecular flexibility index (Phi) is 9.57. The third-order valence-electron chi connectivity index (χ3n) is 6.50. The maximum Gasteiger partial charge on any atom is 0.470 e. The normalized spacial score (nSPS) is 13.6. The van der Waals surface area contributed by atoms with E-state index in [1.54, 1.807) is 41.0 Å². The Bertz CT molecular complexity index is 1620. The Hall–Kier alpha value is -3.91. The van der Waals surface area contributed by atoms with Gasteiger partial charge >= 0.3 is 12.3 Å². The molecule has 4 rings (SSSR count). The fourth-order valence-electron chi connectivity index (χ4n) is 4.64. The fraction of sp³-hybridized carbons (Fsp3) is 0.276. The van der Waals surface area contributed by atoms with Crippen molar-refractivity contribution >= 4 is 26.9 Å². The molecular formula is C29H30F3N3O6S. The van der Waals surface area contributed by atoms with E-state index in [1.165, 1.54) is 12.1 Å². The van der Waals surface area contributed by atoms with E-state index in [1.807, 2.05) is 25.1 Å². The van der Waals surface area contributed by atoms with Crippen LogP contribution in [-0.2, 0) is 23.0 Å². The van der Waals surface area contributed by atoms with Gasteiger partial charge in [0, 0.05) is 30.0 Å². The highest BCUT2D eigenvalue weighted by atomic mass is 32.2. The van der Waals surface area contributed by atoms with Crippen molar-refractivity contribution in [1.82, 2.24) is 14.6 Å². The van der Waals surface area contributed by atoms with Gasteiger partial charge in [-0.2, -0.15) is 13.2 Å². The van der Waals surface area contributed by atoms with Gasteiger partial charge in [0.2, 0.25) is 10.0 Å². The number of sulfonamides is 1. The Morgan fingerprint density at radius 2 is 1.64 bits per heavy atom. The topological polar surface area (TPSA) is 130 Å². The molecule has 0 aliphatic rings. The molecule has 4 N–H and O–H groups in total. The van der Waals surface area contributed by atoms with Gasteiger partial charge in [0.25, 0.3) is 0 Å². The summed E-state index contributed by atoms with van der Waals surface area (Å²) in [6.45, 7) is 2.20. The summed E-state index contributed by atoms with van der Waals surface area (Å²) in [6.07, 6.45) is -5.60. The molecular weight excluding hydrogens is 575 g/mol. The summed E-state index contributed by atoms with van der Waals surface area (Å²) in [4.78, 5) is 11.9. The highest BCUT2D eigenvalue weighted by Gasteiger charge is 2.34. The Labute approximate surface area is 240 Å². The lowest BCUT2D eigenvalue weighted by Crippen LogP contribution is -2.37. The predicted octanol–water partition coefficient (Wildman–Crippen LogP) is 4.15. The number of aromatic carboxylic acids is 1. The average molecular weight is 606 g/mol. The van der Waals surface area contributed by atoms with Gasteiger partial charge in [-0.1, -0.05) is 48.5 Å². The summed E-state index contributed by atoms with van der Waals surface area (Å²) < 4.78 is 69.5. The van der Waals surface area contributed by atoms with Crippen LogP contribution in [0, 0.1) is 0 Å². The Balaban J connectivity index is 1.51. The van der Waals surface area contributed by atoms with Crippen molar-refractivity contribution in [3.05, 3.63) is 95.7 Å². The molecule has 9 nitrogen and oxygen atoms in total. The molecule has 1 aromatic heterocycles. The first-order chi connectivity index (χ1) is 19.8. The molecule has 0 saturated heterocycles. The van der Waals surface area contributed by atoms with Crippen molar-refractivity contribution in [2.45, 2.75) is 43.2 Å². The van der Waals surface area contributed by atoms with E-state index >= 15 is 0 Å². The minimum Gasteiger partial charge on any atom is -0.491 e. The van der Waals surface area contributed by atoms with Gasteiger partial charge in [-0.05, 0) is 54.8 Å². The molecule has 42 heavy (non-hydrogen) atoms. The third-order valence-corrected chi connectivity index (χ3v) is 7.89. The van der Waals surface area contributed by atoms with Crippen LogP contribution in [0.5, 0.6) is 5.75 Å². The van der Waals surface area contributed by atoms with Crippen molar-refractivity contribution in [3.63, 3.8) is 0 Å². The summed E-state index contributed by atoms with van der Waals surface area (Å²) in [5.41, 5.74) is 1.72. The molecule has 0 aliphatic carbocycles. The van der Waals surface area contributed by atoms with E-state index < -0.39 is 33.3 Å². The molecule has 3 aromatic carbocycles. The van der Waals surface area contributed by atoms with Crippen LogP contribution in [-0.4, -0.2) is 60.8 Å². The molecule has 0 fully saturated rings. The minimum atomic E-state index is -5.12. The number of halogens is 3. The molecule has 0 amide bonds. The number of aromatic nitrogens is 1. The lowest BCUT2D eigenvalue weighted by Gasteiger charge is -2.18. The Morgan fingerprint density at radius 3 is 2.29 bits per heavy atom. The number of fused-ring (bicyclic) bond motifs is 1. The number of hydrogen-bond donors (Lipinski definition) is 4. The zero-order chi connectivity index (χ0) is 30.5. The lowest BCUT2D eigenvalue weighted by atomic mass is 10.0. The number of carbonyl (C=O) groups is 1. The van der Waals surface area contributed by atoms with Gasteiger partial charge in [-0.15, -0.1) is 4.72 Å². The predicted molar refractivity (Wildman–Crippen MR) is 150 cm³/mol. The van der Waals surface area contributed by atoms with Crippen molar-refractivity contribution in [2.75, 3.05) is 13.2 Å². The monoisotopic (exact) mass is 605 g/mol. The number of carboxylic acids is 1. The molecule has 1 heterocycles. The molecule has 0 saturated carbocycles. The second-order valence-electron chi connectivity index (χ2n) is 9.77. The molecule has 0 bridgehead atoms. The molecule has 0 spiro atoms. The fourth-order valence-corrected chi connectivity index (χ4v) is 5.56. The first-order valence-electron chi connectivity index (χ1n) is 13.0. The van der Waals surface area contributed by atoms with Gasteiger partial charge in [0.05, 0.1) is 4.90 Å².